The van der Waals surface area contributed by atoms with Gasteiger partial charge in [-0.15, -0.1) is 12.4 Å². The van der Waals surface area contributed by atoms with Crippen molar-refractivity contribution in [2.45, 2.75) is 19.4 Å². The second kappa shape index (κ2) is 4.09. The molecule has 56 valence electrons. The summed E-state index contributed by atoms with van der Waals surface area (Å²) < 4.78 is 0. The number of aliphatic hydroxyl groups excluding tert-OH is 1. The summed E-state index contributed by atoms with van der Waals surface area (Å²) in [7, 11) is 0. The van der Waals surface area contributed by atoms with Gasteiger partial charge < -0.3 is 10.4 Å². The molecule has 0 spiro atoms. The van der Waals surface area contributed by atoms with E-state index in [1.807, 2.05) is 0 Å². The van der Waals surface area contributed by atoms with Gasteiger partial charge in [-0.1, -0.05) is 6.92 Å². The van der Waals surface area contributed by atoms with Crippen LogP contribution in [0.25, 0.3) is 0 Å². The quantitative estimate of drug-likeness (QED) is 0.526. The van der Waals surface area contributed by atoms with E-state index >= 15 is 0 Å². The Morgan fingerprint density at radius 1 is 1.56 bits per heavy atom. The second-order valence-corrected chi connectivity index (χ2v) is 2.54. The van der Waals surface area contributed by atoms with Crippen molar-refractivity contribution in [1.82, 2.24) is 5.32 Å². The average Bonchev–Trinajstić information content (AvgIpc) is 1.77. The van der Waals surface area contributed by atoms with Crippen LogP contribution < -0.4 is 5.32 Å². The van der Waals surface area contributed by atoms with Gasteiger partial charge in [-0.3, -0.25) is 0 Å². The molecule has 2 N–H and O–H groups in total. The van der Waals surface area contributed by atoms with Crippen LogP contribution in [0.15, 0.2) is 0 Å². The summed E-state index contributed by atoms with van der Waals surface area (Å²) in [6.45, 7) is 4.02. The van der Waals surface area contributed by atoms with Crippen LogP contribution in [0.5, 0.6) is 0 Å². The Labute approximate surface area is 62.1 Å². The Morgan fingerprint density at radius 2 is 2.22 bits per heavy atom. The average molecular weight is 152 g/mol. The molecule has 1 heterocycles. The van der Waals surface area contributed by atoms with E-state index in [4.69, 9.17) is 5.11 Å². The van der Waals surface area contributed by atoms with Crippen LogP contribution >= 0.6 is 12.4 Å². The van der Waals surface area contributed by atoms with Crippen LogP contribution in [-0.2, 0) is 0 Å². The molecule has 0 amide bonds. The summed E-state index contributed by atoms with van der Waals surface area (Å²) in [5.41, 5.74) is 0. The molecular formula is C6H14ClNO. The van der Waals surface area contributed by atoms with Crippen LogP contribution in [0.2, 0.25) is 0 Å². The minimum Gasteiger partial charge on any atom is -0.393 e. The zero-order valence-electron chi connectivity index (χ0n) is 5.63. The topological polar surface area (TPSA) is 32.3 Å². The second-order valence-electron chi connectivity index (χ2n) is 2.54. The summed E-state index contributed by atoms with van der Waals surface area (Å²) in [6.07, 6.45) is 0.859. The van der Waals surface area contributed by atoms with Crippen LogP contribution in [0, 0.1) is 5.92 Å². The summed E-state index contributed by atoms with van der Waals surface area (Å²) in [4.78, 5) is 0. The smallest absolute Gasteiger partial charge is 0.0590 e. The summed E-state index contributed by atoms with van der Waals surface area (Å²) >= 11 is 0. The summed E-state index contributed by atoms with van der Waals surface area (Å²) in [5, 5.41) is 12.3. The fraction of sp³-hybridized carbons (Fsp3) is 1.00. The Bertz CT molecular complexity index is 69.5. The highest BCUT2D eigenvalue weighted by molar-refractivity contribution is 5.85. The first-order chi connectivity index (χ1) is 3.80. The van der Waals surface area contributed by atoms with Gasteiger partial charge in [-0.25, -0.2) is 0 Å². The largest absolute Gasteiger partial charge is 0.393 e. The number of piperidine rings is 1. The summed E-state index contributed by atoms with van der Waals surface area (Å²) in [6, 6.07) is 0. The van der Waals surface area contributed by atoms with Crippen LogP contribution in [-0.4, -0.2) is 24.3 Å². The number of hydrogen-bond acceptors (Lipinski definition) is 2. The normalized spacial score (nSPS) is 35.3. The van der Waals surface area contributed by atoms with Crippen molar-refractivity contribution in [2.24, 2.45) is 5.92 Å². The highest BCUT2D eigenvalue weighted by atomic mass is 35.5. The van der Waals surface area contributed by atoms with Crippen LogP contribution in [0.3, 0.4) is 0 Å². The van der Waals surface area contributed by atoms with E-state index < -0.39 is 0 Å². The minimum absolute atomic E-state index is 0. The monoisotopic (exact) mass is 151 g/mol. The van der Waals surface area contributed by atoms with Gasteiger partial charge >= 0.3 is 0 Å². The van der Waals surface area contributed by atoms with Crippen molar-refractivity contribution in [2.75, 3.05) is 13.1 Å². The Morgan fingerprint density at radius 3 is 2.56 bits per heavy atom. The lowest BCUT2D eigenvalue weighted by molar-refractivity contribution is 0.0882. The fourth-order valence-corrected chi connectivity index (χ4v) is 1.00. The maximum Gasteiger partial charge on any atom is 0.0590 e. The van der Waals surface area contributed by atoms with E-state index in [2.05, 4.69) is 12.2 Å². The first-order valence-electron chi connectivity index (χ1n) is 3.19. The van der Waals surface area contributed by atoms with E-state index in [9.17, 15) is 0 Å². The number of nitrogens with one attached hydrogen (secondary N) is 1. The SMILES string of the molecule is C[C@@H]1CNCC[C@@H]1O.Cl. The maximum atomic E-state index is 9.14. The van der Waals surface area contributed by atoms with Crippen LogP contribution in [0.4, 0.5) is 0 Å². The first-order valence-corrected chi connectivity index (χ1v) is 3.19. The highest BCUT2D eigenvalue weighted by Gasteiger charge is 2.16. The molecule has 2 nitrogen and oxygen atoms in total. The first kappa shape index (κ1) is 9.21. The van der Waals surface area contributed by atoms with Gasteiger partial charge in [0, 0.05) is 6.54 Å². The van der Waals surface area contributed by atoms with Gasteiger partial charge in [0.15, 0.2) is 0 Å². The standard InChI is InChI=1S/C6H13NO.ClH/c1-5-4-7-3-2-6(5)8;/h5-8H,2-4H2,1H3;1H/t5-,6+;/m1./s1. The lowest BCUT2D eigenvalue weighted by atomic mass is 9.99. The molecule has 0 aromatic rings. The van der Waals surface area contributed by atoms with Gasteiger partial charge in [0.2, 0.25) is 0 Å². The molecule has 2 atom stereocenters. The molecule has 0 aliphatic carbocycles. The molecule has 3 heteroatoms. The lowest BCUT2D eigenvalue weighted by Gasteiger charge is -2.24. The number of aliphatic hydroxyl groups is 1. The van der Waals surface area contributed by atoms with E-state index in [1.165, 1.54) is 0 Å². The van der Waals surface area contributed by atoms with Gasteiger partial charge in [0.05, 0.1) is 6.10 Å². The molecule has 0 bridgehead atoms. The molecule has 1 aliphatic heterocycles. The third kappa shape index (κ3) is 2.52. The predicted octanol–water partition coefficient (Wildman–Crippen LogP) is 0.398. The number of halogens is 1. The van der Waals surface area contributed by atoms with E-state index in [0.717, 1.165) is 19.5 Å². The van der Waals surface area contributed by atoms with Crippen molar-refractivity contribution in [3.05, 3.63) is 0 Å². The van der Waals surface area contributed by atoms with Crippen LogP contribution in [0.1, 0.15) is 13.3 Å². The van der Waals surface area contributed by atoms with Gasteiger partial charge in [0.25, 0.3) is 0 Å². The molecular weight excluding hydrogens is 138 g/mol. The van der Waals surface area contributed by atoms with Crippen molar-refractivity contribution in [3.63, 3.8) is 0 Å². The summed E-state index contributed by atoms with van der Waals surface area (Å²) in [5.74, 6) is 0.448. The molecule has 1 rings (SSSR count). The highest BCUT2D eigenvalue weighted by Crippen LogP contribution is 2.08. The molecule has 9 heavy (non-hydrogen) atoms. The van der Waals surface area contributed by atoms with Crippen molar-refractivity contribution in [3.8, 4) is 0 Å². The number of rotatable bonds is 0. The zero-order chi connectivity index (χ0) is 5.98. The fourth-order valence-electron chi connectivity index (χ4n) is 1.00. The van der Waals surface area contributed by atoms with Gasteiger partial charge in [-0.05, 0) is 18.9 Å². The van der Waals surface area contributed by atoms with Crippen molar-refractivity contribution in [1.29, 1.82) is 0 Å². The third-order valence-corrected chi connectivity index (χ3v) is 1.74. The van der Waals surface area contributed by atoms with Gasteiger partial charge in [-0.2, -0.15) is 0 Å². The molecule has 0 aromatic carbocycles. The Hall–Kier alpha value is 0.210. The molecule has 0 unspecified atom stereocenters. The molecule has 0 radical (unpaired) electrons. The molecule has 1 aliphatic rings. The minimum atomic E-state index is -0.0590. The van der Waals surface area contributed by atoms with E-state index in [-0.39, 0.29) is 18.5 Å². The molecule has 0 saturated carbocycles. The molecule has 1 saturated heterocycles. The van der Waals surface area contributed by atoms with Crippen molar-refractivity contribution < 1.29 is 5.11 Å². The van der Waals surface area contributed by atoms with E-state index in [0.29, 0.717) is 5.92 Å². The van der Waals surface area contributed by atoms with Crippen molar-refractivity contribution >= 4 is 12.4 Å². The van der Waals surface area contributed by atoms with E-state index in [1.54, 1.807) is 0 Å². The van der Waals surface area contributed by atoms with Gasteiger partial charge in [0.1, 0.15) is 0 Å². The molecule has 0 aromatic heterocycles. The maximum absolute atomic E-state index is 9.14. The zero-order valence-corrected chi connectivity index (χ0v) is 6.45. The number of hydrogen-bond donors (Lipinski definition) is 2. The molecule has 1 fully saturated rings. The third-order valence-electron chi connectivity index (χ3n) is 1.74. The Kier molecular flexibility index (Phi) is 4.19. The lowest BCUT2D eigenvalue weighted by Crippen LogP contribution is -2.38. The predicted molar refractivity (Wildman–Crippen MR) is 39.9 cm³/mol. The Balaban J connectivity index is 0.000000640.